The molecule has 0 aliphatic carbocycles. The Balaban J connectivity index is 0.000000240. The van der Waals surface area contributed by atoms with Gasteiger partial charge in [-0.1, -0.05) is 24.3 Å². The van der Waals surface area contributed by atoms with E-state index in [9.17, 15) is 39.4 Å². The fourth-order valence-corrected chi connectivity index (χ4v) is 15.3. The maximum Gasteiger partial charge on any atom is 0.328 e. The molecule has 10 N–H and O–H groups in total. The van der Waals surface area contributed by atoms with Crippen LogP contribution in [0, 0.1) is 20.2 Å². The molecule has 6 aromatic heterocycles. The third-order valence-corrected chi connectivity index (χ3v) is 22.3. The van der Waals surface area contributed by atoms with Gasteiger partial charge in [-0.15, -0.1) is 0 Å². The number of carbonyl (C=O) groups excluding carboxylic acids is 3. The molecule has 0 bridgehead atoms. The normalized spacial score (nSPS) is 15.1. The van der Waals surface area contributed by atoms with Gasteiger partial charge in [0.05, 0.1) is 101 Å². The van der Waals surface area contributed by atoms with E-state index in [0.29, 0.717) is 102 Å². The van der Waals surface area contributed by atoms with Gasteiger partial charge in [0.1, 0.15) is 24.2 Å². The number of hydrogen-bond acceptors (Lipinski definition) is 35. The molecule has 4 atom stereocenters. The zero-order valence-corrected chi connectivity index (χ0v) is 86.8. The molecular weight excluding hydrogens is 1910 g/mol. The van der Waals surface area contributed by atoms with E-state index < -0.39 is 15.8 Å². The number of H-pyrrole nitrogens is 1. The van der Waals surface area contributed by atoms with Crippen LogP contribution in [0.25, 0.3) is 27.8 Å². The van der Waals surface area contributed by atoms with E-state index in [1.54, 1.807) is 75.3 Å². The summed E-state index contributed by atoms with van der Waals surface area (Å²) in [6.45, 7) is 9.90. The van der Waals surface area contributed by atoms with Crippen molar-refractivity contribution >= 4 is 143 Å². The summed E-state index contributed by atoms with van der Waals surface area (Å²) in [7, 11) is 37.8. The van der Waals surface area contributed by atoms with Crippen molar-refractivity contribution in [3.05, 3.63) is 202 Å². The van der Waals surface area contributed by atoms with Crippen LogP contribution < -0.4 is 71.3 Å². The van der Waals surface area contributed by atoms with E-state index in [1.165, 1.54) is 45.1 Å². The summed E-state index contributed by atoms with van der Waals surface area (Å²) in [6.07, 6.45) is 30.7. The molecular formula is C96H134Cl2FeN30O13. The first-order valence-electron chi connectivity index (χ1n) is 45.2. The number of likely N-dealkylation sites (N-methyl/N-ethyl adjacent to an activating group) is 8. The Labute approximate surface area is 849 Å². The van der Waals surface area contributed by atoms with Crippen molar-refractivity contribution in [3.8, 4) is 28.9 Å². The molecule has 43 nitrogen and oxygen atoms in total. The van der Waals surface area contributed by atoms with Gasteiger partial charge >= 0.3 is 17.3 Å². The number of aromatic nitrogens is 10. The standard InChI is InChI=1S/C29H36N10O2.C19H29N5O4.C19H31N5O2.C13H20N4O3.C7H6N2.C6H11NO2.C3HCl2N3.Fe/c1-36(2)12-6-7-27(40)33-22-15-23(26(41-5)16-25(22)38-14-10-21(38)18-37(3)4)34-28-31-19-32-29(35-28)39-13-9-20-17-30-11-8-24(20)39;1-21(2)9-6-7-19(25)20-15-11-17(24(26)27)18(28-5)12-16(15)23-10-8-14(23)13-22(3)4;1-22(2)9-6-7-19(25)21-16-11-15(20)18(26-5)12-17(16)24-10-8-14(24)13-23(3)4;1-15(2)8-9-4-5-16(9)11-7-13(20-3)12(17(18)19)6-10(11)14;1-4-9-7-2-3-8-5-6(1)7;1-7(2)5-3-4-6(8)9;4-2-6-1-7-3(5)8-2;/h6-9,11,13,15-17,19,21H,10,12,14,18H2,1-5H3,(H,33,40)(H,31,32,34,35);6-7,11-12,14H,8-10,13H2,1-5H3,(H,20,25);6-7,11-12,14H,8-10,13,20H2,1-5H3,(H,21,25);6-7,9H,4-5,8,14H2,1-3H3;1-5,9H;3-4H,5H2,1-2H3,(H,8,9);1H;/b3*7-6+;;;4-3+;;. The molecule has 10 heterocycles. The summed E-state index contributed by atoms with van der Waals surface area (Å²) >= 11 is 10.6. The fraction of sp³-hybridized carbons (Fsp3) is 0.417. The second kappa shape index (κ2) is 57.4. The van der Waals surface area contributed by atoms with Gasteiger partial charge in [-0.05, 0) is 198 Å². The number of pyridine rings is 2. The Bertz CT molecular complexity index is 5860. The van der Waals surface area contributed by atoms with Crippen molar-refractivity contribution in [2.24, 2.45) is 0 Å². The van der Waals surface area contributed by atoms with Crippen molar-refractivity contribution < 1.29 is 70.1 Å². The third-order valence-electron chi connectivity index (χ3n) is 21.9. The van der Waals surface area contributed by atoms with Crippen LogP contribution in [-0.4, -0.2) is 371 Å². The second-order valence-electron chi connectivity index (χ2n) is 35.2. The number of ether oxygens (including phenoxy) is 4. The number of nitro groups is 2. The first-order valence-corrected chi connectivity index (χ1v) is 45.9. The Hall–Kier alpha value is -13.5. The number of rotatable bonds is 36. The summed E-state index contributed by atoms with van der Waals surface area (Å²) in [6, 6.07) is 22.8. The van der Waals surface area contributed by atoms with Crippen molar-refractivity contribution in [2.45, 2.75) is 49.9 Å². The van der Waals surface area contributed by atoms with Gasteiger partial charge in [0, 0.05) is 234 Å². The van der Waals surface area contributed by atoms with E-state index in [4.69, 9.17) is 58.7 Å². The molecule has 4 unspecified atom stereocenters. The molecule has 3 amide bonds. The van der Waals surface area contributed by atoms with Gasteiger partial charge in [-0.2, -0.15) is 9.97 Å². The van der Waals surface area contributed by atoms with E-state index in [0.717, 1.165) is 129 Å². The van der Waals surface area contributed by atoms with Crippen LogP contribution in [-0.2, 0) is 36.2 Å². The van der Waals surface area contributed by atoms with Gasteiger partial charge in [-0.25, -0.2) is 24.7 Å². The zero-order valence-electron chi connectivity index (χ0n) is 84.2. The number of carboxylic acid groups (broad SMARTS) is 1. The number of nitrogen functional groups attached to an aromatic ring is 2. The van der Waals surface area contributed by atoms with E-state index in [1.807, 2.05) is 182 Å². The Morgan fingerprint density at radius 2 is 0.866 bits per heavy atom. The summed E-state index contributed by atoms with van der Waals surface area (Å²) in [5, 5.41) is 45.0. The van der Waals surface area contributed by atoms with Crippen LogP contribution in [0.3, 0.4) is 0 Å². The molecule has 4 aliphatic rings. The van der Waals surface area contributed by atoms with E-state index in [2.05, 4.69) is 134 Å². The number of nitro benzene ring substituents is 2. The summed E-state index contributed by atoms with van der Waals surface area (Å²) in [5.74, 6) is 0.872. The molecule has 0 spiro atoms. The first-order chi connectivity index (χ1) is 67.2. The number of hydrogen-bond donors (Lipinski definition) is 8. The third kappa shape index (κ3) is 35.9. The largest absolute Gasteiger partial charge is 0.495 e. The summed E-state index contributed by atoms with van der Waals surface area (Å²) in [4.78, 5) is 129. The van der Waals surface area contributed by atoms with Crippen molar-refractivity contribution in [2.75, 3.05) is 272 Å². The number of nitrogens with two attached hydrogens (primary N) is 2. The average Bonchev–Trinajstić information content (AvgIpc) is 1.09. The molecule has 142 heavy (non-hydrogen) atoms. The number of halogens is 2. The van der Waals surface area contributed by atoms with Gasteiger partial charge in [0.25, 0.3) is 0 Å². The SMILES string of the molecule is CN(C)C/C=C/C(=O)O.COc1cc(N2CCC2CN(C)C)c(N)cc1[N+](=O)[O-].COc1cc(N2CCC2CN(C)C)c(NC(=O)/C=C/CN(C)C)cc1N.COc1cc(N2CCC2CN(C)C)c(NC(=O)/C=C/CN(C)C)cc1Nc1ncnc(-n2ccc3cnccc32)n1.COc1cc(N2CCC2CN(C)C)c(NC(=O)/C=C/CN(C)C)cc1[N+](=O)[O-].Clc1ncnc(Cl)n1.[Fe].c1cc2[nH]ccc2cn1. The quantitative estimate of drug-likeness (QED) is 0.00594. The zero-order chi connectivity index (χ0) is 103. The molecule has 4 aromatic carbocycles. The number of methoxy groups -OCH3 is 4. The minimum absolute atomic E-state index is 0. The van der Waals surface area contributed by atoms with Crippen molar-refractivity contribution in [3.63, 3.8) is 0 Å². The Morgan fingerprint density at radius 3 is 1.27 bits per heavy atom. The number of amides is 3. The molecule has 4 fully saturated rings. The molecule has 0 radical (unpaired) electrons. The number of aromatic amines is 1. The fourth-order valence-electron chi connectivity index (χ4n) is 15.0. The molecule has 46 heteroatoms. The van der Waals surface area contributed by atoms with Crippen LogP contribution in [0.4, 0.5) is 74.2 Å². The van der Waals surface area contributed by atoms with Gasteiger partial charge < -0.3 is 121 Å². The first kappa shape index (κ1) is 115. The number of benzene rings is 4. The minimum atomic E-state index is -0.892. The van der Waals surface area contributed by atoms with Gasteiger partial charge in [-0.3, -0.25) is 49.1 Å². The smallest absolute Gasteiger partial charge is 0.328 e. The molecule has 768 valence electrons. The predicted octanol–water partition coefficient (Wildman–Crippen LogP) is 10.7. The Kier molecular flexibility index (Phi) is 46.7. The second-order valence-corrected chi connectivity index (χ2v) is 35.9. The maximum atomic E-state index is 12.9. The molecule has 10 aromatic rings. The minimum Gasteiger partial charge on any atom is -0.495 e. The maximum absolute atomic E-state index is 12.9. The van der Waals surface area contributed by atoms with Crippen LogP contribution in [0.1, 0.15) is 25.7 Å². The predicted molar refractivity (Wildman–Crippen MR) is 559 cm³/mol. The molecule has 14 rings (SSSR count). The van der Waals surface area contributed by atoms with Gasteiger partial charge in [0.15, 0.2) is 11.5 Å². The topological polar surface area (TPSA) is 475 Å². The number of carbonyl (C=O) groups is 4. The number of anilines is 11. The summed E-state index contributed by atoms with van der Waals surface area (Å²) in [5.41, 5.74) is 20.6. The van der Waals surface area contributed by atoms with Crippen LogP contribution in [0.15, 0.2) is 171 Å². The van der Waals surface area contributed by atoms with Crippen molar-refractivity contribution in [1.82, 2.24) is 88.6 Å². The van der Waals surface area contributed by atoms with E-state index in [-0.39, 0.29) is 74.3 Å². The molecule has 4 saturated heterocycles. The van der Waals surface area contributed by atoms with E-state index >= 15 is 0 Å². The Morgan fingerprint density at radius 1 is 0.472 bits per heavy atom. The summed E-state index contributed by atoms with van der Waals surface area (Å²) < 4.78 is 23.4. The number of fused-ring (bicyclic) bond motifs is 2. The number of aliphatic carboxylic acids is 1. The van der Waals surface area contributed by atoms with Crippen LogP contribution >= 0.6 is 23.2 Å². The number of carboxylic acids is 1. The monoisotopic (exact) mass is 2040 g/mol. The number of nitrogens with zero attached hydrogens (tertiary/aromatic N) is 23. The van der Waals surface area contributed by atoms with Gasteiger partial charge in [0.2, 0.25) is 40.2 Å². The van der Waals surface area contributed by atoms with Crippen molar-refractivity contribution in [1.29, 1.82) is 0 Å². The van der Waals surface area contributed by atoms with Crippen LogP contribution in [0.5, 0.6) is 23.0 Å². The average molecular weight is 2040 g/mol. The number of nitrogens with one attached hydrogen (secondary N) is 5. The molecule has 4 aliphatic heterocycles. The van der Waals surface area contributed by atoms with Crippen LogP contribution in [0.2, 0.25) is 10.6 Å². The molecule has 0 saturated carbocycles.